The first-order valence-corrected chi connectivity index (χ1v) is 7.91. The van der Waals surface area contributed by atoms with Crippen LogP contribution in [0, 0.1) is 0 Å². The van der Waals surface area contributed by atoms with Gasteiger partial charge in [-0.25, -0.2) is 0 Å². The van der Waals surface area contributed by atoms with Gasteiger partial charge in [-0.15, -0.1) is 0 Å². The number of anilines is 2. The van der Waals surface area contributed by atoms with Gasteiger partial charge in [0.1, 0.15) is 0 Å². The second-order valence-corrected chi connectivity index (χ2v) is 5.87. The van der Waals surface area contributed by atoms with Crippen LogP contribution in [0.3, 0.4) is 0 Å². The van der Waals surface area contributed by atoms with Gasteiger partial charge in [-0.1, -0.05) is 0 Å². The Balaban J connectivity index is 2.23. The molecule has 0 aromatic carbocycles. The molecule has 2 rings (SSSR count). The number of ether oxygens (including phenoxy) is 1. The summed E-state index contributed by atoms with van der Waals surface area (Å²) in [6, 6.07) is 0.271. The maximum atomic E-state index is 6.11. The molecule has 1 aliphatic rings. The summed E-state index contributed by atoms with van der Waals surface area (Å²) in [7, 11) is 1.69. The molecule has 1 fully saturated rings. The van der Waals surface area contributed by atoms with Crippen LogP contribution in [0.4, 0.5) is 11.9 Å². The van der Waals surface area contributed by atoms with Crippen LogP contribution in [0.2, 0.25) is 5.28 Å². The van der Waals surface area contributed by atoms with Crippen molar-refractivity contribution in [3.63, 3.8) is 0 Å². The molecule has 0 saturated carbocycles. The lowest BCUT2D eigenvalue weighted by atomic mass is 10.1. The van der Waals surface area contributed by atoms with E-state index < -0.39 is 0 Å². The topological polar surface area (TPSA) is 54.4 Å². The normalized spacial score (nSPS) is 15.6. The van der Waals surface area contributed by atoms with Gasteiger partial charge >= 0.3 is 0 Å². The maximum absolute atomic E-state index is 6.11. The Morgan fingerprint density at radius 3 is 2.52 bits per heavy atom. The molecule has 1 aromatic heterocycles. The van der Waals surface area contributed by atoms with Crippen molar-refractivity contribution in [3.05, 3.63) is 5.28 Å². The Morgan fingerprint density at radius 2 is 1.90 bits per heavy atom. The lowest BCUT2D eigenvalue weighted by Gasteiger charge is -2.29. The quantitative estimate of drug-likeness (QED) is 0.803. The lowest BCUT2D eigenvalue weighted by Crippen LogP contribution is -2.37. The zero-order valence-corrected chi connectivity index (χ0v) is 13.8. The molecule has 1 saturated heterocycles. The summed E-state index contributed by atoms with van der Waals surface area (Å²) in [6.45, 7) is 7.54. The predicted molar refractivity (Wildman–Crippen MR) is 85.3 cm³/mol. The Labute approximate surface area is 131 Å². The first-order valence-electron chi connectivity index (χ1n) is 7.54. The van der Waals surface area contributed by atoms with Gasteiger partial charge in [0.15, 0.2) is 0 Å². The first kappa shape index (κ1) is 16.2. The van der Waals surface area contributed by atoms with E-state index in [4.69, 9.17) is 16.3 Å². The van der Waals surface area contributed by atoms with Gasteiger partial charge in [0.25, 0.3) is 0 Å². The van der Waals surface area contributed by atoms with Gasteiger partial charge in [-0.05, 0) is 44.7 Å². The summed E-state index contributed by atoms with van der Waals surface area (Å²) < 4.78 is 5.16. The van der Waals surface area contributed by atoms with Gasteiger partial charge in [0.2, 0.25) is 17.2 Å². The number of hydrogen-bond donors (Lipinski definition) is 0. The van der Waals surface area contributed by atoms with E-state index in [1.807, 2.05) is 0 Å². The number of nitrogens with zero attached hydrogens (tertiary/aromatic N) is 5. The highest BCUT2D eigenvalue weighted by atomic mass is 35.5. The number of piperidine rings is 1. The van der Waals surface area contributed by atoms with Gasteiger partial charge in [0, 0.05) is 32.8 Å². The Bertz CT molecular complexity index is 451. The third-order valence-electron chi connectivity index (χ3n) is 3.64. The van der Waals surface area contributed by atoms with E-state index in [0.717, 1.165) is 19.6 Å². The predicted octanol–water partition coefficient (Wildman–Crippen LogP) is 2.38. The van der Waals surface area contributed by atoms with Crippen LogP contribution in [0.25, 0.3) is 0 Å². The van der Waals surface area contributed by atoms with Crippen LogP contribution in [-0.2, 0) is 4.74 Å². The minimum absolute atomic E-state index is 0.253. The van der Waals surface area contributed by atoms with Gasteiger partial charge in [-0.2, -0.15) is 15.0 Å². The standard InChI is InChI=1S/C14H24ClN5O/c1-11(2)20(9-10-21-3)14-17-12(15)16-13(18-14)19-7-5-4-6-8-19/h11H,4-10H2,1-3H3. The minimum Gasteiger partial charge on any atom is -0.383 e. The second kappa shape index (κ2) is 7.75. The molecule has 0 bridgehead atoms. The molecule has 0 spiro atoms. The van der Waals surface area contributed by atoms with E-state index in [1.54, 1.807) is 7.11 Å². The minimum atomic E-state index is 0.253. The van der Waals surface area contributed by atoms with Gasteiger partial charge in [-0.3, -0.25) is 0 Å². The summed E-state index contributed by atoms with van der Waals surface area (Å²) in [5.41, 5.74) is 0. The molecule has 2 heterocycles. The van der Waals surface area contributed by atoms with Crippen LogP contribution in [0.15, 0.2) is 0 Å². The Morgan fingerprint density at radius 1 is 1.19 bits per heavy atom. The van der Waals surface area contributed by atoms with Gasteiger partial charge < -0.3 is 14.5 Å². The van der Waals surface area contributed by atoms with E-state index in [9.17, 15) is 0 Å². The fraction of sp³-hybridized carbons (Fsp3) is 0.786. The Kier molecular flexibility index (Phi) is 5.99. The average Bonchev–Trinajstić information content (AvgIpc) is 2.48. The molecule has 7 heteroatoms. The highest BCUT2D eigenvalue weighted by Gasteiger charge is 2.19. The number of aromatic nitrogens is 3. The van der Waals surface area contributed by atoms with Crippen LogP contribution < -0.4 is 9.80 Å². The Hall–Kier alpha value is -1.14. The van der Waals surface area contributed by atoms with Crippen molar-refractivity contribution in [2.75, 3.05) is 43.2 Å². The third kappa shape index (κ3) is 4.41. The molecule has 21 heavy (non-hydrogen) atoms. The first-order chi connectivity index (χ1) is 10.1. The number of halogens is 1. The summed E-state index contributed by atoms with van der Waals surface area (Å²) >= 11 is 6.11. The summed E-state index contributed by atoms with van der Waals surface area (Å²) in [5, 5.41) is 0.253. The van der Waals surface area contributed by atoms with Crippen molar-refractivity contribution in [2.24, 2.45) is 0 Å². The second-order valence-electron chi connectivity index (χ2n) is 5.53. The molecular formula is C14H24ClN5O. The fourth-order valence-corrected chi connectivity index (χ4v) is 2.62. The SMILES string of the molecule is COCCN(c1nc(Cl)nc(N2CCCCC2)n1)C(C)C. The van der Waals surface area contributed by atoms with Crippen LogP contribution >= 0.6 is 11.6 Å². The van der Waals surface area contributed by atoms with Crippen molar-refractivity contribution in [3.8, 4) is 0 Å². The van der Waals surface area contributed by atoms with Gasteiger partial charge in [0.05, 0.1) is 6.61 Å². The molecule has 6 nitrogen and oxygen atoms in total. The molecule has 0 aliphatic carbocycles. The smallest absolute Gasteiger partial charge is 0.231 e. The van der Waals surface area contributed by atoms with Crippen LogP contribution in [0.1, 0.15) is 33.1 Å². The van der Waals surface area contributed by atoms with E-state index in [-0.39, 0.29) is 11.3 Å². The molecule has 0 amide bonds. The molecule has 1 aliphatic heterocycles. The molecular weight excluding hydrogens is 290 g/mol. The van der Waals surface area contributed by atoms with Crippen molar-refractivity contribution < 1.29 is 4.74 Å². The number of methoxy groups -OCH3 is 1. The summed E-state index contributed by atoms with van der Waals surface area (Å²) in [4.78, 5) is 17.5. The summed E-state index contributed by atoms with van der Waals surface area (Å²) in [5.74, 6) is 1.32. The maximum Gasteiger partial charge on any atom is 0.231 e. The lowest BCUT2D eigenvalue weighted by molar-refractivity contribution is 0.203. The number of hydrogen-bond acceptors (Lipinski definition) is 6. The van der Waals surface area contributed by atoms with E-state index in [1.165, 1.54) is 19.3 Å². The molecule has 0 radical (unpaired) electrons. The van der Waals surface area contributed by atoms with Crippen molar-refractivity contribution in [1.29, 1.82) is 0 Å². The average molecular weight is 314 g/mol. The molecule has 0 atom stereocenters. The molecule has 0 N–H and O–H groups in total. The largest absolute Gasteiger partial charge is 0.383 e. The molecule has 118 valence electrons. The highest BCUT2D eigenvalue weighted by molar-refractivity contribution is 6.28. The van der Waals surface area contributed by atoms with Crippen LogP contribution in [0.5, 0.6) is 0 Å². The van der Waals surface area contributed by atoms with E-state index in [0.29, 0.717) is 18.5 Å². The zero-order valence-electron chi connectivity index (χ0n) is 13.0. The van der Waals surface area contributed by atoms with Crippen molar-refractivity contribution in [1.82, 2.24) is 15.0 Å². The number of rotatable bonds is 6. The summed E-state index contributed by atoms with van der Waals surface area (Å²) in [6.07, 6.45) is 3.63. The van der Waals surface area contributed by atoms with E-state index in [2.05, 4.69) is 38.6 Å². The molecule has 1 aromatic rings. The van der Waals surface area contributed by atoms with Crippen molar-refractivity contribution in [2.45, 2.75) is 39.2 Å². The monoisotopic (exact) mass is 313 g/mol. The van der Waals surface area contributed by atoms with Crippen LogP contribution in [-0.4, -0.2) is 54.3 Å². The fourth-order valence-electron chi connectivity index (χ4n) is 2.47. The van der Waals surface area contributed by atoms with Crippen molar-refractivity contribution >= 4 is 23.5 Å². The molecule has 0 unspecified atom stereocenters. The third-order valence-corrected chi connectivity index (χ3v) is 3.81. The van der Waals surface area contributed by atoms with E-state index >= 15 is 0 Å². The highest BCUT2D eigenvalue weighted by Crippen LogP contribution is 2.21. The zero-order chi connectivity index (χ0) is 15.2.